The van der Waals surface area contributed by atoms with Crippen LogP contribution in [0.2, 0.25) is 0 Å². The van der Waals surface area contributed by atoms with E-state index in [2.05, 4.69) is 0 Å². The first-order valence-electron chi connectivity index (χ1n) is 4.68. The highest BCUT2D eigenvalue weighted by Gasteiger charge is 2.13. The maximum Gasteiger partial charge on any atom is 0.214 e. The van der Waals surface area contributed by atoms with E-state index in [0.717, 1.165) is 0 Å². The first-order valence-corrected chi connectivity index (χ1v) is 4.68. The van der Waals surface area contributed by atoms with Crippen molar-refractivity contribution in [2.45, 2.75) is 19.9 Å². The highest BCUT2D eigenvalue weighted by molar-refractivity contribution is 5.91. The van der Waals surface area contributed by atoms with Crippen LogP contribution < -0.4 is 10.6 Å². The maximum atomic E-state index is 10.9. The van der Waals surface area contributed by atoms with Gasteiger partial charge in [0, 0.05) is 17.3 Å². The summed E-state index contributed by atoms with van der Waals surface area (Å²) in [6.45, 7) is 3.75. The van der Waals surface area contributed by atoms with Gasteiger partial charge in [0.1, 0.15) is 0 Å². The van der Waals surface area contributed by atoms with E-state index in [9.17, 15) is 9.59 Å². The van der Waals surface area contributed by atoms with E-state index in [-0.39, 0.29) is 6.04 Å². The molecule has 0 heterocycles. The standard InChI is InChI=1S/C11H14N2O2/c1-8(2)13(7-15)11-4-3-10(12)5-9(11)6-14/h3-8H,12H2,1-2H3. The lowest BCUT2D eigenvalue weighted by Gasteiger charge is -2.23. The lowest BCUT2D eigenvalue weighted by molar-refractivity contribution is -0.107. The topological polar surface area (TPSA) is 63.4 Å². The third-order valence-corrected chi connectivity index (χ3v) is 2.13. The molecule has 0 fully saturated rings. The normalized spacial score (nSPS) is 10.1. The fraction of sp³-hybridized carbons (Fsp3) is 0.273. The Morgan fingerprint density at radius 3 is 2.47 bits per heavy atom. The monoisotopic (exact) mass is 206 g/mol. The van der Waals surface area contributed by atoms with E-state index in [0.29, 0.717) is 29.6 Å². The molecule has 0 saturated heterocycles. The van der Waals surface area contributed by atoms with Crippen LogP contribution in [0, 0.1) is 0 Å². The quantitative estimate of drug-likeness (QED) is 0.599. The zero-order valence-electron chi connectivity index (χ0n) is 8.81. The number of aldehydes is 1. The molecule has 0 aromatic heterocycles. The number of hydrogen-bond acceptors (Lipinski definition) is 3. The Labute approximate surface area is 88.7 Å². The third-order valence-electron chi connectivity index (χ3n) is 2.13. The molecule has 80 valence electrons. The van der Waals surface area contributed by atoms with Crippen LogP contribution >= 0.6 is 0 Å². The van der Waals surface area contributed by atoms with Crippen LogP contribution in [0.1, 0.15) is 24.2 Å². The smallest absolute Gasteiger partial charge is 0.214 e. The van der Waals surface area contributed by atoms with Crippen LogP contribution in [0.15, 0.2) is 18.2 Å². The van der Waals surface area contributed by atoms with Crippen molar-refractivity contribution in [2.24, 2.45) is 0 Å². The number of hydrogen-bond donors (Lipinski definition) is 1. The van der Waals surface area contributed by atoms with Gasteiger partial charge in [0.15, 0.2) is 6.29 Å². The van der Waals surface area contributed by atoms with Gasteiger partial charge in [-0.05, 0) is 32.0 Å². The van der Waals surface area contributed by atoms with Crippen LogP contribution in [-0.4, -0.2) is 18.7 Å². The van der Waals surface area contributed by atoms with E-state index in [1.54, 1.807) is 18.2 Å². The number of carbonyl (C=O) groups excluding carboxylic acids is 2. The number of nitrogen functional groups attached to an aromatic ring is 1. The number of anilines is 2. The van der Waals surface area contributed by atoms with Crippen molar-refractivity contribution in [1.29, 1.82) is 0 Å². The van der Waals surface area contributed by atoms with E-state index < -0.39 is 0 Å². The number of nitrogens with two attached hydrogens (primary N) is 1. The number of rotatable bonds is 4. The summed E-state index contributed by atoms with van der Waals surface area (Å²) < 4.78 is 0. The third kappa shape index (κ3) is 2.34. The minimum Gasteiger partial charge on any atom is -0.399 e. The summed E-state index contributed by atoms with van der Waals surface area (Å²) in [4.78, 5) is 23.2. The second kappa shape index (κ2) is 4.59. The Hall–Kier alpha value is -1.84. The number of nitrogens with zero attached hydrogens (tertiary/aromatic N) is 1. The van der Waals surface area contributed by atoms with Gasteiger partial charge in [-0.15, -0.1) is 0 Å². The predicted octanol–water partition coefficient (Wildman–Crippen LogP) is 1.45. The molecule has 4 nitrogen and oxygen atoms in total. The molecule has 0 saturated carbocycles. The molecule has 0 bridgehead atoms. The molecule has 0 aliphatic rings. The van der Waals surface area contributed by atoms with Crippen molar-refractivity contribution in [2.75, 3.05) is 10.6 Å². The van der Waals surface area contributed by atoms with Crippen LogP contribution in [-0.2, 0) is 4.79 Å². The summed E-state index contributed by atoms with van der Waals surface area (Å²) in [5.41, 5.74) is 7.08. The van der Waals surface area contributed by atoms with Crippen LogP contribution in [0.25, 0.3) is 0 Å². The van der Waals surface area contributed by atoms with E-state index in [4.69, 9.17) is 5.73 Å². The Bertz CT molecular complexity index is 375. The highest BCUT2D eigenvalue weighted by atomic mass is 16.1. The first kappa shape index (κ1) is 11.2. The fourth-order valence-electron chi connectivity index (χ4n) is 1.36. The molecule has 1 aromatic carbocycles. The van der Waals surface area contributed by atoms with Crippen LogP contribution in [0.3, 0.4) is 0 Å². The molecule has 0 aliphatic carbocycles. The van der Waals surface area contributed by atoms with Gasteiger partial charge in [-0.3, -0.25) is 9.59 Å². The molecule has 1 aromatic rings. The van der Waals surface area contributed by atoms with Crippen molar-refractivity contribution in [3.05, 3.63) is 23.8 Å². The van der Waals surface area contributed by atoms with E-state index in [1.165, 1.54) is 4.90 Å². The molecule has 1 amide bonds. The van der Waals surface area contributed by atoms with Crippen LogP contribution in [0.5, 0.6) is 0 Å². The van der Waals surface area contributed by atoms with Gasteiger partial charge in [0.25, 0.3) is 0 Å². The largest absolute Gasteiger partial charge is 0.399 e. The molecule has 0 aliphatic heterocycles. The average molecular weight is 206 g/mol. The summed E-state index contributed by atoms with van der Waals surface area (Å²) in [6.07, 6.45) is 1.41. The first-order chi connectivity index (χ1) is 7.10. The Morgan fingerprint density at radius 1 is 1.33 bits per heavy atom. The SMILES string of the molecule is CC(C)N(C=O)c1ccc(N)cc1C=O. The van der Waals surface area contributed by atoms with Gasteiger partial charge >= 0.3 is 0 Å². The molecular weight excluding hydrogens is 192 g/mol. The Balaban J connectivity index is 3.22. The Morgan fingerprint density at radius 2 is 2.00 bits per heavy atom. The zero-order chi connectivity index (χ0) is 11.4. The lowest BCUT2D eigenvalue weighted by atomic mass is 10.1. The van der Waals surface area contributed by atoms with Crippen LogP contribution in [0.4, 0.5) is 11.4 Å². The second-order valence-electron chi connectivity index (χ2n) is 3.54. The molecular formula is C11H14N2O2. The molecule has 4 heteroatoms. The van der Waals surface area contributed by atoms with Crippen molar-refractivity contribution >= 4 is 24.1 Å². The summed E-state index contributed by atoms with van der Waals surface area (Å²) >= 11 is 0. The van der Waals surface area contributed by atoms with E-state index >= 15 is 0 Å². The predicted molar refractivity (Wildman–Crippen MR) is 59.9 cm³/mol. The van der Waals surface area contributed by atoms with Gasteiger partial charge < -0.3 is 10.6 Å². The summed E-state index contributed by atoms with van der Waals surface area (Å²) in [6, 6.07) is 4.90. The van der Waals surface area contributed by atoms with Gasteiger partial charge in [-0.25, -0.2) is 0 Å². The number of carbonyl (C=O) groups is 2. The maximum absolute atomic E-state index is 10.9. The minimum absolute atomic E-state index is 0.00447. The number of amides is 1. The number of benzene rings is 1. The molecule has 2 N–H and O–H groups in total. The molecule has 15 heavy (non-hydrogen) atoms. The molecule has 1 rings (SSSR count). The zero-order valence-corrected chi connectivity index (χ0v) is 8.81. The van der Waals surface area contributed by atoms with Gasteiger partial charge in [-0.1, -0.05) is 0 Å². The molecule has 0 spiro atoms. The van der Waals surface area contributed by atoms with Crippen molar-refractivity contribution in [3.8, 4) is 0 Å². The van der Waals surface area contributed by atoms with Crippen molar-refractivity contribution < 1.29 is 9.59 Å². The summed E-state index contributed by atoms with van der Waals surface area (Å²) in [5, 5.41) is 0. The fourth-order valence-corrected chi connectivity index (χ4v) is 1.36. The Kier molecular flexibility index (Phi) is 3.44. The van der Waals surface area contributed by atoms with Gasteiger partial charge in [-0.2, -0.15) is 0 Å². The van der Waals surface area contributed by atoms with Crippen molar-refractivity contribution in [3.63, 3.8) is 0 Å². The lowest BCUT2D eigenvalue weighted by Crippen LogP contribution is -2.29. The van der Waals surface area contributed by atoms with Crippen molar-refractivity contribution in [1.82, 2.24) is 0 Å². The van der Waals surface area contributed by atoms with Gasteiger partial charge in [0.05, 0.1) is 5.69 Å². The minimum atomic E-state index is 0.00447. The molecule has 0 radical (unpaired) electrons. The summed E-state index contributed by atoms with van der Waals surface area (Å²) in [5.74, 6) is 0. The average Bonchev–Trinajstić information content (AvgIpc) is 2.20. The summed E-state index contributed by atoms with van der Waals surface area (Å²) in [7, 11) is 0. The highest BCUT2D eigenvalue weighted by Crippen LogP contribution is 2.22. The second-order valence-corrected chi connectivity index (χ2v) is 3.54. The molecule has 0 unspecified atom stereocenters. The van der Waals surface area contributed by atoms with Gasteiger partial charge in [0.2, 0.25) is 6.41 Å². The molecule has 0 atom stereocenters. The van der Waals surface area contributed by atoms with E-state index in [1.807, 2.05) is 13.8 Å².